The predicted octanol–water partition coefficient (Wildman–Crippen LogP) is 1.72. The molecular formula is C15H21NO4. The second-order valence-electron chi connectivity index (χ2n) is 4.88. The maximum absolute atomic E-state index is 11.6. The van der Waals surface area contributed by atoms with E-state index in [0.717, 1.165) is 23.3 Å². The molecule has 1 aliphatic rings. The van der Waals surface area contributed by atoms with Gasteiger partial charge in [0.2, 0.25) is 5.91 Å². The van der Waals surface area contributed by atoms with Gasteiger partial charge < -0.3 is 19.9 Å². The molecule has 20 heavy (non-hydrogen) atoms. The fourth-order valence-electron chi connectivity index (χ4n) is 2.32. The zero-order chi connectivity index (χ0) is 14.5. The summed E-state index contributed by atoms with van der Waals surface area (Å²) in [7, 11) is 1.55. The van der Waals surface area contributed by atoms with Crippen LogP contribution in [0.5, 0.6) is 5.75 Å². The molecule has 2 atom stereocenters. The molecule has 1 amide bonds. The Hall–Kier alpha value is -1.59. The Morgan fingerprint density at radius 2 is 2.40 bits per heavy atom. The SMILES string of the molecule is CCC(=O)NC1CCOc2ccc(C(O)COC)cc21. The zero-order valence-corrected chi connectivity index (χ0v) is 11.9. The molecule has 1 aliphatic heterocycles. The summed E-state index contributed by atoms with van der Waals surface area (Å²) in [5, 5.41) is 13.0. The van der Waals surface area contributed by atoms with Crippen LogP contribution in [0.4, 0.5) is 0 Å². The van der Waals surface area contributed by atoms with Crippen LogP contribution in [-0.4, -0.2) is 31.3 Å². The van der Waals surface area contributed by atoms with Gasteiger partial charge in [-0.1, -0.05) is 13.0 Å². The van der Waals surface area contributed by atoms with E-state index < -0.39 is 6.10 Å². The van der Waals surface area contributed by atoms with E-state index in [-0.39, 0.29) is 18.6 Å². The van der Waals surface area contributed by atoms with E-state index >= 15 is 0 Å². The molecule has 2 N–H and O–H groups in total. The van der Waals surface area contributed by atoms with Crippen molar-refractivity contribution in [3.05, 3.63) is 29.3 Å². The Morgan fingerprint density at radius 3 is 3.10 bits per heavy atom. The molecule has 1 aromatic rings. The van der Waals surface area contributed by atoms with Crippen molar-refractivity contribution in [2.24, 2.45) is 0 Å². The molecule has 0 aromatic heterocycles. The van der Waals surface area contributed by atoms with Gasteiger partial charge in [-0.3, -0.25) is 4.79 Å². The molecule has 1 aromatic carbocycles. The van der Waals surface area contributed by atoms with Crippen LogP contribution in [0.2, 0.25) is 0 Å². The number of aliphatic hydroxyl groups is 1. The van der Waals surface area contributed by atoms with Crippen LogP contribution in [-0.2, 0) is 9.53 Å². The van der Waals surface area contributed by atoms with Gasteiger partial charge in [0.15, 0.2) is 0 Å². The highest BCUT2D eigenvalue weighted by Crippen LogP contribution is 2.34. The van der Waals surface area contributed by atoms with E-state index in [1.165, 1.54) is 0 Å². The number of carbonyl (C=O) groups is 1. The number of ether oxygens (including phenoxy) is 2. The largest absolute Gasteiger partial charge is 0.493 e. The number of fused-ring (bicyclic) bond motifs is 1. The maximum atomic E-state index is 11.6. The van der Waals surface area contributed by atoms with Crippen LogP contribution in [0, 0.1) is 0 Å². The van der Waals surface area contributed by atoms with Crippen molar-refractivity contribution < 1.29 is 19.4 Å². The molecule has 2 rings (SSSR count). The Labute approximate surface area is 118 Å². The van der Waals surface area contributed by atoms with Gasteiger partial charge in [-0.2, -0.15) is 0 Å². The fraction of sp³-hybridized carbons (Fsp3) is 0.533. The first kappa shape index (κ1) is 14.8. The minimum atomic E-state index is -0.672. The van der Waals surface area contributed by atoms with Crippen molar-refractivity contribution in [1.82, 2.24) is 5.32 Å². The first-order valence-corrected chi connectivity index (χ1v) is 6.88. The lowest BCUT2D eigenvalue weighted by Crippen LogP contribution is -2.31. The molecular weight excluding hydrogens is 258 g/mol. The lowest BCUT2D eigenvalue weighted by molar-refractivity contribution is -0.121. The van der Waals surface area contributed by atoms with Gasteiger partial charge in [0, 0.05) is 25.5 Å². The Bertz CT molecular complexity index is 475. The normalized spacial score (nSPS) is 18.9. The smallest absolute Gasteiger partial charge is 0.220 e. The number of amides is 1. The summed E-state index contributed by atoms with van der Waals surface area (Å²) in [5.74, 6) is 0.789. The van der Waals surface area contributed by atoms with E-state index in [9.17, 15) is 9.90 Å². The van der Waals surface area contributed by atoms with Crippen LogP contribution in [0.3, 0.4) is 0 Å². The molecule has 110 valence electrons. The maximum Gasteiger partial charge on any atom is 0.220 e. The number of carbonyl (C=O) groups excluding carboxylic acids is 1. The Balaban J connectivity index is 2.24. The predicted molar refractivity (Wildman–Crippen MR) is 74.6 cm³/mol. The van der Waals surface area contributed by atoms with Crippen molar-refractivity contribution in [3.63, 3.8) is 0 Å². The second-order valence-corrected chi connectivity index (χ2v) is 4.88. The monoisotopic (exact) mass is 279 g/mol. The lowest BCUT2D eigenvalue weighted by Gasteiger charge is -2.27. The standard InChI is InChI=1S/C15H21NO4/c1-3-15(18)16-12-6-7-20-14-5-4-10(8-11(12)14)13(17)9-19-2/h4-5,8,12-13,17H,3,6-7,9H2,1-2H3,(H,16,18). The molecule has 0 bridgehead atoms. The summed E-state index contributed by atoms with van der Waals surface area (Å²) in [4.78, 5) is 11.6. The Morgan fingerprint density at radius 1 is 1.60 bits per heavy atom. The van der Waals surface area contributed by atoms with Crippen molar-refractivity contribution in [1.29, 1.82) is 0 Å². The highest BCUT2D eigenvalue weighted by Gasteiger charge is 2.24. The average molecular weight is 279 g/mol. The van der Waals surface area contributed by atoms with Crippen LogP contribution < -0.4 is 10.1 Å². The quantitative estimate of drug-likeness (QED) is 0.861. The first-order chi connectivity index (χ1) is 9.65. The van der Waals surface area contributed by atoms with Crippen molar-refractivity contribution in [2.75, 3.05) is 20.3 Å². The van der Waals surface area contributed by atoms with E-state index in [4.69, 9.17) is 9.47 Å². The zero-order valence-electron chi connectivity index (χ0n) is 11.9. The minimum Gasteiger partial charge on any atom is -0.493 e. The topological polar surface area (TPSA) is 67.8 Å². The van der Waals surface area contributed by atoms with Crippen LogP contribution >= 0.6 is 0 Å². The van der Waals surface area contributed by atoms with Gasteiger partial charge in [-0.25, -0.2) is 0 Å². The summed E-state index contributed by atoms with van der Waals surface area (Å²) in [6, 6.07) is 5.50. The molecule has 5 nitrogen and oxygen atoms in total. The number of hydrogen-bond acceptors (Lipinski definition) is 4. The van der Waals surface area contributed by atoms with Crippen LogP contribution in [0.25, 0.3) is 0 Å². The lowest BCUT2D eigenvalue weighted by atomic mass is 9.96. The number of benzene rings is 1. The molecule has 2 unspecified atom stereocenters. The number of hydrogen-bond donors (Lipinski definition) is 2. The van der Waals surface area contributed by atoms with Crippen molar-refractivity contribution in [2.45, 2.75) is 31.9 Å². The highest BCUT2D eigenvalue weighted by molar-refractivity contribution is 5.76. The van der Waals surface area contributed by atoms with Gasteiger partial charge in [0.05, 0.1) is 19.3 Å². The van der Waals surface area contributed by atoms with Crippen molar-refractivity contribution in [3.8, 4) is 5.75 Å². The van der Waals surface area contributed by atoms with E-state index in [1.54, 1.807) is 7.11 Å². The number of rotatable bonds is 5. The van der Waals surface area contributed by atoms with Crippen LogP contribution in [0.15, 0.2) is 18.2 Å². The third kappa shape index (κ3) is 3.29. The molecule has 0 aliphatic carbocycles. The minimum absolute atomic E-state index is 0.0192. The third-order valence-electron chi connectivity index (χ3n) is 3.44. The van der Waals surface area contributed by atoms with Crippen LogP contribution in [0.1, 0.15) is 43.0 Å². The summed E-state index contributed by atoms with van der Waals surface area (Å²) in [6.45, 7) is 2.65. The van der Waals surface area contributed by atoms with E-state index in [1.807, 2.05) is 25.1 Å². The average Bonchev–Trinajstić information content (AvgIpc) is 2.47. The summed E-state index contributed by atoms with van der Waals surface area (Å²) >= 11 is 0. The van der Waals surface area contributed by atoms with Gasteiger partial charge in [0.25, 0.3) is 0 Å². The van der Waals surface area contributed by atoms with Crippen molar-refractivity contribution >= 4 is 5.91 Å². The summed E-state index contributed by atoms with van der Waals surface area (Å²) < 4.78 is 10.6. The number of aliphatic hydroxyl groups excluding tert-OH is 1. The molecule has 1 heterocycles. The Kier molecular flexibility index (Phi) is 4.98. The third-order valence-corrected chi connectivity index (χ3v) is 3.44. The molecule has 0 spiro atoms. The van der Waals surface area contributed by atoms with Gasteiger partial charge in [0.1, 0.15) is 11.9 Å². The van der Waals surface area contributed by atoms with E-state index in [2.05, 4.69) is 5.32 Å². The van der Waals surface area contributed by atoms with Gasteiger partial charge in [-0.15, -0.1) is 0 Å². The van der Waals surface area contributed by atoms with Gasteiger partial charge in [-0.05, 0) is 17.7 Å². The summed E-state index contributed by atoms with van der Waals surface area (Å²) in [5.41, 5.74) is 1.69. The number of methoxy groups -OCH3 is 1. The van der Waals surface area contributed by atoms with E-state index in [0.29, 0.717) is 13.0 Å². The highest BCUT2D eigenvalue weighted by atomic mass is 16.5. The molecule has 0 fully saturated rings. The molecule has 0 saturated heterocycles. The first-order valence-electron chi connectivity index (χ1n) is 6.88. The number of nitrogens with one attached hydrogen (secondary N) is 1. The molecule has 0 radical (unpaired) electrons. The summed E-state index contributed by atoms with van der Waals surface area (Å²) in [6.07, 6.45) is 0.524. The second kappa shape index (κ2) is 6.72. The molecule has 0 saturated carbocycles. The van der Waals surface area contributed by atoms with Gasteiger partial charge >= 0.3 is 0 Å². The fourth-order valence-corrected chi connectivity index (χ4v) is 2.32. The molecule has 5 heteroatoms.